The highest BCUT2D eigenvalue weighted by Crippen LogP contribution is 2.68. The van der Waals surface area contributed by atoms with Crippen LogP contribution in [-0.4, -0.2) is 47.3 Å². The highest BCUT2D eigenvalue weighted by Gasteiger charge is 2.77. The molecular weight excluding hydrogens is 470 g/mol. The van der Waals surface area contributed by atoms with Crippen LogP contribution in [-0.2, 0) is 21.5 Å². The van der Waals surface area contributed by atoms with E-state index in [-0.39, 0.29) is 23.4 Å². The van der Waals surface area contributed by atoms with Gasteiger partial charge >= 0.3 is 0 Å². The van der Waals surface area contributed by atoms with E-state index in [1.807, 2.05) is 48.5 Å². The van der Waals surface area contributed by atoms with Crippen LogP contribution in [0.3, 0.4) is 0 Å². The Hall–Kier alpha value is -3.88. The molecule has 4 unspecified atom stereocenters. The standard InChI is InChI=1S/C29H25N3O5/c33-26-21-6-2-1-5-18(21)13-14-28(26)25(19-9-11-20(12-10-19)32(35)36)24-17-37-16-15-31(24)29(28)22-7-3-4-8-23(22)30-27(29)34/h1-12,24-25H,13-17H2,(H,30,34). The first-order chi connectivity index (χ1) is 18.0. The van der Waals surface area contributed by atoms with E-state index in [0.717, 1.165) is 22.4 Å². The maximum absolute atomic E-state index is 14.9. The van der Waals surface area contributed by atoms with Crippen molar-refractivity contribution in [2.45, 2.75) is 30.3 Å². The molecule has 0 saturated carbocycles. The molecule has 3 aliphatic heterocycles. The highest BCUT2D eigenvalue weighted by atomic mass is 16.6. The predicted molar refractivity (Wildman–Crippen MR) is 135 cm³/mol. The fourth-order valence-electron chi connectivity index (χ4n) is 7.69. The van der Waals surface area contributed by atoms with Gasteiger partial charge in [-0.2, -0.15) is 0 Å². The largest absolute Gasteiger partial charge is 0.378 e. The van der Waals surface area contributed by atoms with E-state index in [1.54, 1.807) is 12.1 Å². The lowest BCUT2D eigenvalue weighted by atomic mass is 9.53. The van der Waals surface area contributed by atoms with Crippen LogP contribution in [0, 0.1) is 15.5 Å². The van der Waals surface area contributed by atoms with Gasteiger partial charge in [-0.3, -0.25) is 24.6 Å². The normalized spacial score (nSPS) is 30.2. The number of non-ortho nitro benzene ring substituents is 1. The summed E-state index contributed by atoms with van der Waals surface area (Å²) >= 11 is 0. The van der Waals surface area contributed by atoms with Gasteiger partial charge in [-0.15, -0.1) is 0 Å². The lowest BCUT2D eigenvalue weighted by molar-refractivity contribution is -0.384. The average Bonchev–Trinajstić information content (AvgIpc) is 3.37. The maximum Gasteiger partial charge on any atom is 0.269 e. The number of Topliss-reactive ketones (excluding diaryl/α,β-unsaturated/α-hetero) is 1. The fourth-order valence-corrected chi connectivity index (χ4v) is 7.69. The van der Waals surface area contributed by atoms with Crippen molar-refractivity contribution in [3.8, 4) is 0 Å². The molecule has 0 aromatic heterocycles. The number of nitro benzene ring substituents is 1. The van der Waals surface area contributed by atoms with Gasteiger partial charge in [0.05, 0.1) is 23.6 Å². The number of fused-ring (bicyclic) bond motifs is 6. The molecule has 8 heteroatoms. The molecule has 7 rings (SSSR count). The van der Waals surface area contributed by atoms with Crippen molar-refractivity contribution in [3.05, 3.63) is 105 Å². The third kappa shape index (κ3) is 2.69. The van der Waals surface area contributed by atoms with Crippen molar-refractivity contribution in [2.75, 3.05) is 25.1 Å². The van der Waals surface area contributed by atoms with Gasteiger partial charge in [-0.1, -0.05) is 54.6 Å². The van der Waals surface area contributed by atoms with Crippen molar-refractivity contribution < 1.29 is 19.2 Å². The van der Waals surface area contributed by atoms with Crippen molar-refractivity contribution in [1.82, 2.24) is 4.90 Å². The van der Waals surface area contributed by atoms with Crippen LogP contribution in [0.15, 0.2) is 72.8 Å². The molecule has 3 aromatic rings. The summed E-state index contributed by atoms with van der Waals surface area (Å²) in [7, 11) is 0. The minimum absolute atomic E-state index is 0.00784. The van der Waals surface area contributed by atoms with E-state index < -0.39 is 21.8 Å². The van der Waals surface area contributed by atoms with Crippen LogP contribution in [0.4, 0.5) is 11.4 Å². The van der Waals surface area contributed by atoms with Crippen molar-refractivity contribution in [3.63, 3.8) is 0 Å². The summed E-state index contributed by atoms with van der Waals surface area (Å²) < 4.78 is 5.97. The summed E-state index contributed by atoms with van der Waals surface area (Å²) in [5, 5.41) is 14.5. The summed E-state index contributed by atoms with van der Waals surface area (Å²) in [6, 6.07) is 21.6. The number of anilines is 1. The van der Waals surface area contributed by atoms with Crippen LogP contribution in [0.25, 0.3) is 0 Å². The monoisotopic (exact) mass is 495 g/mol. The number of ether oxygens (including phenoxy) is 1. The minimum atomic E-state index is -1.21. The lowest BCUT2D eigenvalue weighted by Crippen LogP contribution is -2.62. The number of aryl methyl sites for hydroxylation is 1. The van der Waals surface area contributed by atoms with Crippen LogP contribution in [0.5, 0.6) is 0 Å². The van der Waals surface area contributed by atoms with Gasteiger partial charge < -0.3 is 10.1 Å². The van der Waals surface area contributed by atoms with E-state index >= 15 is 0 Å². The number of rotatable bonds is 2. The number of amides is 1. The molecule has 0 radical (unpaired) electrons. The second-order valence-electron chi connectivity index (χ2n) is 10.3. The quantitative estimate of drug-likeness (QED) is 0.425. The van der Waals surface area contributed by atoms with E-state index in [1.165, 1.54) is 12.1 Å². The van der Waals surface area contributed by atoms with E-state index in [4.69, 9.17) is 4.74 Å². The molecule has 4 atom stereocenters. The van der Waals surface area contributed by atoms with Crippen molar-refractivity contribution in [2.24, 2.45) is 5.41 Å². The average molecular weight is 496 g/mol. The molecule has 1 aliphatic carbocycles. The first-order valence-electron chi connectivity index (χ1n) is 12.6. The summed E-state index contributed by atoms with van der Waals surface area (Å²) in [6.07, 6.45) is 1.14. The van der Waals surface area contributed by atoms with Gasteiger partial charge in [-0.05, 0) is 30.0 Å². The SMILES string of the molecule is O=C1c2ccccc2CCC12C(c1ccc([N+](=O)[O-])cc1)C1COCCN1C21C(=O)Nc2ccccc21. The zero-order valence-electron chi connectivity index (χ0n) is 20.1. The number of nitrogens with zero attached hydrogens (tertiary/aromatic N) is 2. The van der Waals surface area contributed by atoms with Crippen molar-refractivity contribution >= 4 is 23.1 Å². The molecule has 2 fully saturated rings. The number of hydrogen-bond donors (Lipinski definition) is 1. The molecule has 8 nitrogen and oxygen atoms in total. The van der Waals surface area contributed by atoms with Crippen LogP contribution >= 0.6 is 0 Å². The molecule has 0 bridgehead atoms. The summed E-state index contributed by atoms with van der Waals surface area (Å²) in [5.74, 6) is -0.622. The first kappa shape index (κ1) is 22.3. The molecule has 186 valence electrons. The van der Waals surface area contributed by atoms with Crippen molar-refractivity contribution in [1.29, 1.82) is 0 Å². The van der Waals surface area contributed by atoms with Gasteiger partial charge in [0.1, 0.15) is 5.54 Å². The first-order valence-corrected chi connectivity index (χ1v) is 12.6. The Morgan fingerprint density at radius 2 is 1.76 bits per heavy atom. The summed E-state index contributed by atoms with van der Waals surface area (Å²) in [4.78, 5) is 42.4. The summed E-state index contributed by atoms with van der Waals surface area (Å²) in [6.45, 7) is 1.34. The number of carbonyl (C=O) groups excluding carboxylic acids is 2. The Labute approximate surface area is 213 Å². The number of ketones is 1. The van der Waals surface area contributed by atoms with E-state index in [9.17, 15) is 19.7 Å². The number of nitro groups is 1. The number of hydrogen-bond acceptors (Lipinski definition) is 6. The maximum atomic E-state index is 14.9. The lowest BCUT2D eigenvalue weighted by Gasteiger charge is -2.49. The van der Waals surface area contributed by atoms with Crippen LogP contribution < -0.4 is 5.32 Å². The second kappa shape index (κ2) is 7.81. The van der Waals surface area contributed by atoms with Gasteiger partial charge in [0, 0.05) is 47.5 Å². The van der Waals surface area contributed by atoms with Gasteiger partial charge in [0.2, 0.25) is 0 Å². The second-order valence-corrected chi connectivity index (χ2v) is 10.3. The van der Waals surface area contributed by atoms with Crippen LogP contribution in [0.2, 0.25) is 0 Å². The number of benzene rings is 3. The molecule has 37 heavy (non-hydrogen) atoms. The van der Waals surface area contributed by atoms with E-state index in [0.29, 0.717) is 38.2 Å². The Morgan fingerprint density at radius 1 is 1.00 bits per heavy atom. The molecule has 3 heterocycles. The fraction of sp³-hybridized carbons (Fsp3) is 0.310. The molecule has 2 spiro atoms. The van der Waals surface area contributed by atoms with Gasteiger partial charge in [-0.25, -0.2) is 0 Å². The number of morpholine rings is 1. The highest BCUT2D eigenvalue weighted by molar-refractivity contribution is 6.15. The minimum Gasteiger partial charge on any atom is -0.378 e. The Bertz CT molecular complexity index is 1470. The molecule has 2 saturated heterocycles. The third-order valence-corrected chi connectivity index (χ3v) is 8.97. The Kier molecular flexibility index (Phi) is 4.71. The number of nitrogens with one attached hydrogen (secondary N) is 1. The Morgan fingerprint density at radius 3 is 2.57 bits per heavy atom. The number of para-hydroxylation sites is 1. The topological polar surface area (TPSA) is 102 Å². The van der Waals surface area contributed by atoms with Gasteiger partial charge in [0.25, 0.3) is 11.6 Å². The van der Waals surface area contributed by atoms with Gasteiger partial charge in [0.15, 0.2) is 5.78 Å². The zero-order valence-corrected chi connectivity index (χ0v) is 20.1. The van der Waals surface area contributed by atoms with E-state index in [2.05, 4.69) is 10.2 Å². The summed E-state index contributed by atoms with van der Waals surface area (Å²) in [5.41, 5.74) is 1.67. The third-order valence-electron chi connectivity index (χ3n) is 8.97. The molecule has 1 N–H and O–H groups in total. The van der Waals surface area contributed by atoms with Crippen LogP contribution in [0.1, 0.15) is 39.4 Å². The predicted octanol–water partition coefficient (Wildman–Crippen LogP) is 4.06. The Balaban J connectivity index is 1.55. The number of carbonyl (C=O) groups is 2. The molecule has 1 amide bonds. The molecular formula is C29H25N3O5. The molecule has 4 aliphatic rings. The smallest absolute Gasteiger partial charge is 0.269 e. The zero-order chi connectivity index (χ0) is 25.4. The molecule has 3 aromatic carbocycles.